The van der Waals surface area contributed by atoms with Crippen molar-refractivity contribution in [2.45, 2.75) is 26.2 Å². The van der Waals surface area contributed by atoms with Gasteiger partial charge in [-0.05, 0) is 43.0 Å². The molecule has 4 heteroatoms. The molecule has 0 amide bonds. The molecule has 0 aliphatic carbocycles. The zero-order valence-corrected chi connectivity index (χ0v) is 13.4. The largest absolute Gasteiger partial charge is 0.481 e. The second-order valence-electron chi connectivity index (χ2n) is 5.17. The maximum Gasteiger partial charge on any atom is 0.311 e. The van der Waals surface area contributed by atoms with Gasteiger partial charge < -0.3 is 5.11 Å². The molecule has 0 fully saturated rings. The minimum absolute atomic E-state index is 0.318. The van der Waals surface area contributed by atoms with Gasteiger partial charge in [-0.2, -0.15) is 0 Å². The molecule has 0 bridgehead atoms. The summed E-state index contributed by atoms with van der Waals surface area (Å²) in [7, 11) is 0. The number of benzene rings is 2. The Bertz CT molecular complexity index is 680. The van der Waals surface area contributed by atoms with Crippen LogP contribution in [0.2, 0.25) is 10.0 Å². The van der Waals surface area contributed by atoms with E-state index >= 15 is 0 Å². The predicted molar refractivity (Wildman–Crippen MR) is 86.5 cm³/mol. The van der Waals surface area contributed by atoms with Crippen molar-refractivity contribution in [1.29, 1.82) is 0 Å². The van der Waals surface area contributed by atoms with E-state index in [0.717, 1.165) is 22.3 Å². The Hall–Kier alpha value is -1.51. The van der Waals surface area contributed by atoms with Crippen LogP contribution in [0.25, 0.3) is 0 Å². The molecule has 0 spiro atoms. The van der Waals surface area contributed by atoms with Crippen molar-refractivity contribution in [1.82, 2.24) is 0 Å². The number of carboxylic acids is 1. The SMILES string of the molecule is Cc1ccc(C(Cc2cccc(Cl)c2Cl)C(=O)O)c(C)c1. The van der Waals surface area contributed by atoms with Gasteiger partial charge in [0.1, 0.15) is 0 Å². The molecule has 0 saturated heterocycles. The number of halogens is 2. The molecule has 2 aromatic rings. The number of carboxylic acid groups (broad SMARTS) is 1. The lowest BCUT2D eigenvalue weighted by atomic mass is 9.88. The summed E-state index contributed by atoms with van der Waals surface area (Å²) in [6, 6.07) is 11.1. The van der Waals surface area contributed by atoms with Crippen LogP contribution in [0.5, 0.6) is 0 Å². The zero-order chi connectivity index (χ0) is 15.6. The van der Waals surface area contributed by atoms with Crippen LogP contribution in [-0.2, 0) is 11.2 Å². The summed E-state index contributed by atoms with van der Waals surface area (Å²) in [6.45, 7) is 3.91. The quantitative estimate of drug-likeness (QED) is 0.857. The van der Waals surface area contributed by atoms with Gasteiger partial charge in [-0.15, -0.1) is 0 Å². The molecule has 2 nitrogen and oxygen atoms in total. The lowest BCUT2D eigenvalue weighted by molar-refractivity contribution is -0.138. The Balaban J connectivity index is 2.40. The summed E-state index contributed by atoms with van der Waals surface area (Å²) in [6.07, 6.45) is 0.318. The van der Waals surface area contributed by atoms with Gasteiger partial charge in [-0.25, -0.2) is 0 Å². The van der Waals surface area contributed by atoms with E-state index in [0.29, 0.717) is 16.5 Å². The highest BCUT2D eigenvalue weighted by atomic mass is 35.5. The minimum atomic E-state index is -0.863. The molecule has 0 aliphatic rings. The Labute approximate surface area is 134 Å². The van der Waals surface area contributed by atoms with E-state index in [1.54, 1.807) is 12.1 Å². The first-order chi connectivity index (χ1) is 9.90. The highest BCUT2D eigenvalue weighted by Gasteiger charge is 2.23. The van der Waals surface area contributed by atoms with Crippen LogP contribution in [0.4, 0.5) is 0 Å². The first-order valence-electron chi connectivity index (χ1n) is 6.63. The molecule has 2 rings (SSSR count). The third-order valence-corrected chi connectivity index (χ3v) is 4.41. The van der Waals surface area contributed by atoms with E-state index in [9.17, 15) is 9.90 Å². The monoisotopic (exact) mass is 322 g/mol. The van der Waals surface area contributed by atoms with E-state index in [1.807, 2.05) is 38.1 Å². The molecule has 21 heavy (non-hydrogen) atoms. The average Bonchev–Trinajstić information content (AvgIpc) is 2.41. The molecular formula is C17H16Cl2O2. The maximum atomic E-state index is 11.7. The standard InChI is InChI=1S/C17H16Cl2O2/c1-10-6-7-13(11(2)8-10)14(17(20)21)9-12-4-3-5-15(18)16(12)19/h3-8,14H,9H2,1-2H3,(H,20,21). The molecule has 0 radical (unpaired) electrons. The third kappa shape index (κ3) is 3.58. The van der Waals surface area contributed by atoms with Gasteiger partial charge in [-0.1, -0.05) is 59.1 Å². The fraction of sp³-hybridized carbons (Fsp3) is 0.235. The molecule has 110 valence electrons. The Morgan fingerprint density at radius 3 is 2.52 bits per heavy atom. The Morgan fingerprint density at radius 2 is 1.90 bits per heavy atom. The Morgan fingerprint density at radius 1 is 1.19 bits per heavy atom. The van der Waals surface area contributed by atoms with Crippen LogP contribution in [0, 0.1) is 13.8 Å². The predicted octanol–water partition coefficient (Wildman–Crippen LogP) is 5.02. The molecule has 0 aliphatic heterocycles. The highest BCUT2D eigenvalue weighted by Crippen LogP contribution is 2.31. The van der Waals surface area contributed by atoms with Crippen molar-refractivity contribution in [3.05, 3.63) is 68.7 Å². The van der Waals surface area contributed by atoms with Gasteiger partial charge in [0.05, 0.1) is 16.0 Å². The highest BCUT2D eigenvalue weighted by molar-refractivity contribution is 6.42. The summed E-state index contributed by atoms with van der Waals surface area (Å²) in [4.78, 5) is 11.7. The zero-order valence-electron chi connectivity index (χ0n) is 11.9. The van der Waals surface area contributed by atoms with Crippen LogP contribution in [0.1, 0.15) is 28.2 Å². The molecule has 1 N–H and O–H groups in total. The number of aliphatic carboxylic acids is 1. The van der Waals surface area contributed by atoms with Crippen LogP contribution in [0.3, 0.4) is 0 Å². The maximum absolute atomic E-state index is 11.7. The van der Waals surface area contributed by atoms with Crippen LogP contribution >= 0.6 is 23.2 Å². The number of rotatable bonds is 4. The fourth-order valence-electron chi connectivity index (χ4n) is 2.47. The summed E-state index contributed by atoms with van der Waals surface area (Å²) < 4.78 is 0. The number of hydrogen-bond donors (Lipinski definition) is 1. The van der Waals surface area contributed by atoms with E-state index in [2.05, 4.69) is 0 Å². The fourth-order valence-corrected chi connectivity index (χ4v) is 2.87. The molecular weight excluding hydrogens is 307 g/mol. The second kappa shape index (κ2) is 6.50. The van der Waals surface area contributed by atoms with E-state index in [-0.39, 0.29) is 0 Å². The summed E-state index contributed by atoms with van der Waals surface area (Å²) in [5.74, 6) is -1.50. The van der Waals surface area contributed by atoms with E-state index in [1.165, 1.54) is 0 Å². The lowest BCUT2D eigenvalue weighted by Crippen LogP contribution is -2.16. The van der Waals surface area contributed by atoms with Crippen molar-refractivity contribution in [3.63, 3.8) is 0 Å². The molecule has 1 atom stereocenters. The van der Waals surface area contributed by atoms with Crippen molar-refractivity contribution in [2.75, 3.05) is 0 Å². The van der Waals surface area contributed by atoms with Crippen molar-refractivity contribution >= 4 is 29.2 Å². The van der Waals surface area contributed by atoms with E-state index in [4.69, 9.17) is 23.2 Å². The first-order valence-corrected chi connectivity index (χ1v) is 7.38. The van der Waals surface area contributed by atoms with Gasteiger partial charge >= 0.3 is 5.97 Å². The van der Waals surface area contributed by atoms with Crippen LogP contribution in [-0.4, -0.2) is 11.1 Å². The molecule has 0 aromatic heterocycles. The topological polar surface area (TPSA) is 37.3 Å². The average molecular weight is 323 g/mol. The van der Waals surface area contributed by atoms with Crippen molar-refractivity contribution < 1.29 is 9.90 Å². The van der Waals surface area contributed by atoms with Gasteiger partial charge in [0.2, 0.25) is 0 Å². The van der Waals surface area contributed by atoms with Crippen LogP contribution in [0.15, 0.2) is 36.4 Å². The lowest BCUT2D eigenvalue weighted by Gasteiger charge is -2.17. The number of carbonyl (C=O) groups is 1. The van der Waals surface area contributed by atoms with Gasteiger partial charge in [-0.3, -0.25) is 4.79 Å². The first kappa shape index (κ1) is 15.9. The molecule has 0 saturated carbocycles. The van der Waals surface area contributed by atoms with E-state index < -0.39 is 11.9 Å². The molecule has 1 unspecified atom stereocenters. The normalized spacial score (nSPS) is 12.2. The number of hydrogen-bond acceptors (Lipinski definition) is 1. The third-order valence-electron chi connectivity index (χ3n) is 3.55. The molecule has 2 aromatic carbocycles. The molecule has 0 heterocycles. The number of aryl methyl sites for hydroxylation is 2. The summed E-state index contributed by atoms with van der Waals surface area (Å²) in [5.41, 5.74) is 3.64. The van der Waals surface area contributed by atoms with Crippen molar-refractivity contribution in [3.8, 4) is 0 Å². The van der Waals surface area contributed by atoms with Gasteiger partial charge in [0.25, 0.3) is 0 Å². The van der Waals surface area contributed by atoms with Crippen molar-refractivity contribution in [2.24, 2.45) is 0 Å². The minimum Gasteiger partial charge on any atom is -0.481 e. The smallest absolute Gasteiger partial charge is 0.311 e. The summed E-state index contributed by atoms with van der Waals surface area (Å²) in [5, 5.41) is 10.4. The second-order valence-corrected chi connectivity index (χ2v) is 5.95. The van der Waals surface area contributed by atoms with Gasteiger partial charge in [0.15, 0.2) is 0 Å². The van der Waals surface area contributed by atoms with Gasteiger partial charge in [0, 0.05) is 0 Å². The summed E-state index contributed by atoms with van der Waals surface area (Å²) >= 11 is 12.2. The Kier molecular flexibility index (Phi) is 4.92. The van der Waals surface area contributed by atoms with Crippen LogP contribution < -0.4 is 0 Å².